The Hall–Kier alpha value is -0.770. The van der Waals surface area contributed by atoms with Gasteiger partial charge in [0.2, 0.25) is 0 Å². The number of ether oxygens (including phenoxy) is 1. The molecule has 1 aliphatic rings. The van der Waals surface area contributed by atoms with E-state index in [9.17, 15) is 4.79 Å². The first-order valence-electron chi connectivity index (χ1n) is 11.4. The Labute approximate surface area is 161 Å². The Bertz CT molecular complexity index is 317. The van der Waals surface area contributed by atoms with E-state index in [0.29, 0.717) is 6.61 Å². The van der Waals surface area contributed by atoms with Crippen molar-refractivity contribution in [2.45, 2.75) is 116 Å². The second-order valence-corrected chi connectivity index (χ2v) is 7.78. The molecule has 26 heavy (non-hydrogen) atoms. The van der Waals surface area contributed by atoms with E-state index in [0.717, 1.165) is 38.8 Å². The van der Waals surface area contributed by atoms with Crippen molar-refractivity contribution in [2.24, 2.45) is 0 Å². The molecule has 0 spiro atoms. The summed E-state index contributed by atoms with van der Waals surface area (Å²) in [6.45, 7) is 4.45. The van der Waals surface area contributed by atoms with Crippen LogP contribution in [0.4, 0.5) is 4.79 Å². The largest absolute Gasteiger partial charge is 0.527 e. The van der Waals surface area contributed by atoms with E-state index in [1.807, 2.05) is 0 Å². The molecule has 0 aromatic carbocycles. The third kappa shape index (κ3) is 14.4. The van der Waals surface area contributed by atoms with Gasteiger partial charge < -0.3 is 9.57 Å². The summed E-state index contributed by atoms with van der Waals surface area (Å²) < 4.78 is 5.11. The smallest absolute Gasteiger partial charge is 0.433 e. The first-order valence-corrected chi connectivity index (χ1v) is 11.4. The summed E-state index contributed by atoms with van der Waals surface area (Å²) in [5.41, 5.74) is 0. The highest BCUT2D eigenvalue weighted by atomic mass is 16.8. The summed E-state index contributed by atoms with van der Waals surface area (Å²) in [4.78, 5) is 16.6. The fourth-order valence-electron chi connectivity index (χ4n) is 3.54. The van der Waals surface area contributed by atoms with Crippen LogP contribution < -0.4 is 0 Å². The topological polar surface area (TPSA) is 38.8 Å². The van der Waals surface area contributed by atoms with Gasteiger partial charge in [-0.25, -0.2) is 4.79 Å². The quantitative estimate of drug-likeness (QED) is 0.204. The van der Waals surface area contributed by atoms with Crippen LogP contribution in [0.2, 0.25) is 0 Å². The molecular weight excluding hydrogens is 326 g/mol. The molecule has 0 aromatic heterocycles. The normalized spacial score (nSPS) is 14.7. The first kappa shape index (κ1) is 23.3. The minimum Gasteiger partial charge on any atom is -0.433 e. The van der Waals surface area contributed by atoms with Crippen LogP contribution in [0.3, 0.4) is 0 Å². The molecule has 0 saturated carbocycles. The predicted molar refractivity (Wildman–Crippen MR) is 108 cm³/mol. The third-order valence-electron chi connectivity index (χ3n) is 5.24. The number of hydroxylamine groups is 2. The van der Waals surface area contributed by atoms with Gasteiger partial charge in [0.1, 0.15) is 0 Å². The Balaban J connectivity index is 1.70. The van der Waals surface area contributed by atoms with Crippen molar-refractivity contribution in [2.75, 3.05) is 19.7 Å². The van der Waals surface area contributed by atoms with E-state index >= 15 is 0 Å². The number of rotatable bonds is 17. The highest BCUT2D eigenvalue weighted by Gasteiger charge is 2.16. The fraction of sp³-hybridized carbons (Fsp3) is 0.955. The van der Waals surface area contributed by atoms with Gasteiger partial charge in [-0.2, -0.15) is 0 Å². The van der Waals surface area contributed by atoms with Gasteiger partial charge >= 0.3 is 6.16 Å². The van der Waals surface area contributed by atoms with E-state index in [1.165, 1.54) is 83.5 Å². The Kier molecular flexibility index (Phi) is 15.8. The molecule has 1 fully saturated rings. The van der Waals surface area contributed by atoms with Crippen LogP contribution in [0, 0.1) is 0 Å². The summed E-state index contributed by atoms with van der Waals surface area (Å²) in [7, 11) is 0. The minimum atomic E-state index is -0.530. The highest BCUT2D eigenvalue weighted by Crippen LogP contribution is 2.13. The summed E-state index contributed by atoms with van der Waals surface area (Å²) in [5.74, 6) is 0. The van der Waals surface area contributed by atoms with Crippen molar-refractivity contribution in [1.82, 2.24) is 5.06 Å². The second-order valence-electron chi connectivity index (χ2n) is 7.78. The van der Waals surface area contributed by atoms with Gasteiger partial charge in [0.15, 0.2) is 0 Å². The lowest BCUT2D eigenvalue weighted by molar-refractivity contribution is -0.112. The number of hydrogen-bond acceptors (Lipinski definition) is 4. The van der Waals surface area contributed by atoms with E-state index in [-0.39, 0.29) is 0 Å². The molecule has 0 unspecified atom stereocenters. The standard InChI is InChI=1S/C22H43NO3/c1-2-3-4-5-6-7-8-9-10-11-12-13-14-15-18-21-25-22(24)26-23-19-16-17-20-23/h2-21H2,1H3. The predicted octanol–water partition coefficient (Wildman–Crippen LogP) is 7.02. The van der Waals surface area contributed by atoms with Crippen LogP contribution in [-0.2, 0) is 9.57 Å². The lowest BCUT2D eigenvalue weighted by Gasteiger charge is -2.13. The molecule has 154 valence electrons. The van der Waals surface area contributed by atoms with Crippen LogP contribution in [0.1, 0.15) is 116 Å². The van der Waals surface area contributed by atoms with E-state index < -0.39 is 6.16 Å². The number of nitrogens with zero attached hydrogens (tertiary/aromatic N) is 1. The Morgan fingerprint density at radius 2 is 1.12 bits per heavy atom. The summed E-state index contributed by atoms with van der Waals surface area (Å²) in [6.07, 6.45) is 21.8. The fourth-order valence-corrected chi connectivity index (χ4v) is 3.54. The zero-order valence-electron chi connectivity index (χ0n) is 17.3. The maximum atomic E-state index is 11.5. The van der Waals surface area contributed by atoms with E-state index in [2.05, 4.69) is 6.92 Å². The highest BCUT2D eigenvalue weighted by molar-refractivity contribution is 5.59. The molecule has 0 amide bonds. The molecule has 1 heterocycles. The number of hydrogen-bond donors (Lipinski definition) is 0. The molecule has 0 aliphatic carbocycles. The zero-order valence-corrected chi connectivity index (χ0v) is 17.3. The molecule has 0 aromatic rings. The van der Waals surface area contributed by atoms with Crippen LogP contribution >= 0.6 is 0 Å². The third-order valence-corrected chi connectivity index (χ3v) is 5.24. The molecule has 1 saturated heterocycles. The second kappa shape index (κ2) is 17.6. The monoisotopic (exact) mass is 369 g/mol. The van der Waals surface area contributed by atoms with Crippen LogP contribution in [-0.4, -0.2) is 30.9 Å². The van der Waals surface area contributed by atoms with Crippen molar-refractivity contribution < 1.29 is 14.4 Å². The molecule has 4 nitrogen and oxygen atoms in total. The van der Waals surface area contributed by atoms with Crippen molar-refractivity contribution in [3.8, 4) is 0 Å². The minimum absolute atomic E-state index is 0.491. The molecule has 1 aliphatic heterocycles. The SMILES string of the molecule is CCCCCCCCCCCCCCCCCOC(=O)ON1CCCC1. The van der Waals surface area contributed by atoms with Crippen molar-refractivity contribution in [3.63, 3.8) is 0 Å². The van der Waals surface area contributed by atoms with Crippen LogP contribution in [0.5, 0.6) is 0 Å². The van der Waals surface area contributed by atoms with Gasteiger partial charge in [0.25, 0.3) is 0 Å². The van der Waals surface area contributed by atoms with Crippen molar-refractivity contribution in [1.29, 1.82) is 0 Å². The summed E-state index contributed by atoms with van der Waals surface area (Å²) in [5, 5.41) is 1.70. The number of unbranched alkanes of at least 4 members (excludes halogenated alkanes) is 14. The first-order chi connectivity index (χ1) is 12.8. The van der Waals surface area contributed by atoms with Crippen LogP contribution in [0.25, 0.3) is 0 Å². The maximum Gasteiger partial charge on any atom is 0.527 e. The summed E-state index contributed by atoms with van der Waals surface area (Å²) >= 11 is 0. The molecular formula is C22H43NO3. The van der Waals surface area contributed by atoms with Gasteiger partial charge in [0.05, 0.1) is 6.61 Å². The lowest BCUT2D eigenvalue weighted by atomic mass is 10.0. The van der Waals surface area contributed by atoms with E-state index in [1.54, 1.807) is 5.06 Å². The van der Waals surface area contributed by atoms with Crippen LogP contribution in [0.15, 0.2) is 0 Å². The number of carbonyl (C=O) groups excluding carboxylic acids is 1. The van der Waals surface area contributed by atoms with Gasteiger partial charge in [-0.05, 0) is 19.3 Å². The van der Waals surface area contributed by atoms with Crippen molar-refractivity contribution in [3.05, 3.63) is 0 Å². The molecule has 0 atom stereocenters. The number of carbonyl (C=O) groups is 1. The van der Waals surface area contributed by atoms with Crippen molar-refractivity contribution >= 4 is 6.16 Å². The molecule has 0 radical (unpaired) electrons. The zero-order chi connectivity index (χ0) is 18.7. The summed E-state index contributed by atoms with van der Waals surface area (Å²) in [6, 6.07) is 0. The Morgan fingerprint density at radius 1 is 0.692 bits per heavy atom. The van der Waals surface area contributed by atoms with Gasteiger partial charge in [-0.15, -0.1) is 5.06 Å². The average molecular weight is 370 g/mol. The van der Waals surface area contributed by atoms with E-state index in [4.69, 9.17) is 9.57 Å². The maximum absolute atomic E-state index is 11.5. The lowest BCUT2D eigenvalue weighted by Crippen LogP contribution is -2.24. The average Bonchev–Trinajstić information content (AvgIpc) is 3.14. The Morgan fingerprint density at radius 3 is 1.58 bits per heavy atom. The van der Waals surface area contributed by atoms with Gasteiger partial charge in [-0.1, -0.05) is 96.8 Å². The van der Waals surface area contributed by atoms with Gasteiger partial charge in [0, 0.05) is 13.1 Å². The molecule has 0 N–H and O–H groups in total. The van der Waals surface area contributed by atoms with Gasteiger partial charge in [-0.3, -0.25) is 0 Å². The molecule has 0 bridgehead atoms. The molecule has 1 rings (SSSR count). The molecule has 4 heteroatoms.